The van der Waals surface area contributed by atoms with Gasteiger partial charge in [-0.2, -0.15) is 0 Å². The van der Waals surface area contributed by atoms with E-state index in [1.807, 2.05) is 0 Å². The fourth-order valence-electron chi connectivity index (χ4n) is 3.33. The second-order valence-electron chi connectivity index (χ2n) is 6.52. The van der Waals surface area contributed by atoms with Crippen LogP contribution in [0.1, 0.15) is 46.5 Å². The van der Waals surface area contributed by atoms with Crippen LogP contribution < -0.4 is 5.32 Å². The van der Waals surface area contributed by atoms with Crippen molar-refractivity contribution < 1.29 is 0 Å². The molecule has 1 rings (SSSR count). The third kappa shape index (κ3) is 5.05. The molecule has 1 atom stereocenters. The van der Waals surface area contributed by atoms with Crippen LogP contribution in [0.2, 0.25) is 0 Å². The predicted molar refractivity (Wildman–Crippen MR) is 84.7 cm³/mol. The summed E-state index contributed by atoms with van der Waals surface area (Å²) in [5.41, 5.74) is 0.463. The molecule has 1 N–H and O–H groups in total. The Balaban J connectivity index is 2.61. The average molecular weight is 269 g/mol. The van der Waals surface area contributed by atoms with Crippen LogP contribution in [0, 0.1) is 5.41 Å². The van der Waals surface area contributed by atoms with E-state index in [0.717, 1.165) is 12.6 Å². The van der Waals surface area contributed by atoms with E-state index in [1.54, 1.807) is 0 Å². The maximum Gasteiger partial charge on any atom is 0.0223 e. The van der Waals surface area contributed by atoms with Crippen LogP contribution in [0.25, 0.3) is 0 Å². The monoisotopic (exact) mass is 269 g/mol. The largest absolute Gasteiger partial charge is 0.316 e. The van der Waals surface area contributed by atoms with Crippen molar-refractivity contribution in [3.8, 4) is 0 Å². The van der Waals surface area contributed by atoms with Crippen molar-refractivity contribution in [1.82, 2.24) is 15.1 Å². The Morgan fingerprint density at radius 1 is 1.21 bits per heavy atom. The smallest absolute Gasteiger partial charge is 0.0223 e. The molecular weight excluding hydrogens is 234 g/mol. The lowest BCUT2D eigenvalue weighted by Gasteiger charge is -2.39. The van der Waals surface area contributed by atoms with Crippen molar-refractivity contribution >= 4 is 0 Å². The van der Waals surface area contributed by atoms with Gasteiger partial charge in [-0.15, -0.1) is 0 Å². The second-order valence-corrected chi connectivity index (χ2v) is 6.52. The Morgan fingerprint density at radius 2 is 1.89 bits per heavy atom. The first-order valence-corrected chi connectivity index (χ1v) is 8.16. The molecule has 114 valence electrons. The van der Waals surface area contributed by atoms with E-state index >= 15 is 0 Å². The maximum absolute atomic E-state index is 3.58. The fraction of sp³-hybridized carbons (Fsp3) is 1.00. The molecule has 1 aliphatic rings. The topological polar surface area (TPSA) is 18.5 Å². The molecule has 0 spiro atoms. The summed E-state index contributed by atoms with van der Waals surface area (Å²) in [5.74, 6) is 0. The molecule has 0 saturated carbocycles. The number of nitrogens with zero attached hydrogens (tertiary/aromatic N) is 2. The molecule has 0 bridgehead atoms. The van der Waals surface area contributed by atoms with Crippen LogP contribution in [-0.2, 0) is 0 Å². The predicted octanol–water partition coefficient (Wildman–Crippen LogP) is 2.43. The van der Waals surface area contributed by atoms with E-state index in [4.69, 9.17) is 0 Å². The van der Waals surface area contributed by atoms with Gasteiger partial charge in [0.05, 0.1) is 0 Å². The molecule has 0 aromatic carbocycles. The molecule has 0 aliphatic carbocycles. The standard InChI is InChI=1S/C16H35N3/c1-6-16(7-2,13-17-8-3)14-19-11-9-10-15(19)12-18(4)5/h15,17H,6-14H2,1-5H3. The Hall–Kier alpha value is -0.120. The van der Waals surface area contributed by atoms with E-state index in [2.05, 4.69) is 50.0 Å². The number of likely N-dealkylation sites (N-methyl/N-ethyl adjacent to an activating group) is 1. The summed E-state index contributed by atoms with van der Waals surface area (Å²) >= 11 is 0. The minimum atomic E-state index is 0.463. The van der Waals surface area contributed by atoms with E-state index in [1.165, 1.54) is 51.9 Å². The third-order valence-corrected chi connectivity index (χ3v) is 4.86. The molecule has 3 heteroatoms. The summed E-state index contributed by atoms with van der Waals surface area (Å²) in [4.78, 5) is 5.09. The lowest BCUT2D eigenvalue weighted by molar-refractivity contribution is 0.113. The number of rotatable bonds is 9. The number of likely N-dealkylation sites (tertiary alicyclic amines) is 1. The normalized spacial score (nSPS) is 21.5. The molecular formula is C16H35N3. The van der Waals surface area contributed by atoms with Crippen molar-refractivity contribution in [1.29, 1.82) is 0 Å². The summed E-state index contributed by atoms with van der Waals surface area (Å²) in [5, 5.41) is 3.58. The van der Waals surface area contributed by atoms with Crippen molar-refractivity contribution in [2.24, 2.45) is 5.41 Å². The molecule has 1 fully saturated rings. The molecule has 0 amide bonds. The lowest BCUT2D eigenvalue weighted by atomic mass is 9.81. The molecule has 0 aromatic heterocycles. The molecule has 0 aromatic rings. The molecule has 19 heavy (non-hydrogen) atoms. The zero-order valence-corrected chi connectivity index (χ0v) is 13.8. The van der Waals surface area contributed by atoms with Gasteiger partial charge in [-0.05, 0) is 58.3 Å². The quantitative estimate of drug-likeness (QED) is 0.693. The van der Waals surface area contributed by atoms with Gasteiger partial charge in [0.15, 0.2) is 0 Å². The molecule has 1 unspecified atom stereocenters. The average Bonchev–Trinajstić information content (AvgIpc) is 2.81. The van der Waals surface area contributed by atoms with Crippen LogP contribution in [0.4, 0.5) is 0 Å². The first-order valence-electron chi connectivity index (χ1n) is 8.16. The van der Waals surface area contributed by atoms with Crippen LogP contribution >= 0.6 is 0 Å². The zero-order valence-electron chi connectivity index (χ0n) is 13.8. The highest BCUT2D eigenvalue weighted by atomic mass is 15.2. The van der Waals surface area contributed by atoms with Gasteiger partial charge in [-0.1, -0.05) is 20.8 Å². The Bertz CT molecular complexity index is 236. The molecule has 3 nitrogen and oxygen atoms in total. The van der Waals surface area contributed by atoms with Gasteiger partial charge in [-0.25, -0.2) is 0 Å². The minimum Gasteiger partial charge on any atom is -0.316 e. The van der Waals surface area contributed by atoms with Crippen molar-refractivity contribution in [3.05, 3.63) is 0 Å². The van der Waals surface area contributed by atoms with Gasteiger partial charge < -0.3 is 10.2 Å². The first kappa shape index (κ1) is 16.9. The molecule has 1 aliphatic heterocycles. The Kier molecular flexibility index (Phi) is 7.33. The van der Waals surface area contributed by atoms with Gasteiger partial charge in [0.25, 0.3) is 0 Å². The van der Waals surface area contributed by atoms with Crippen LogP contribution in [0.5, 0.6) is 0 Å². The summed E-state index contributed by atoms with van der Waals surface area (Å²) in [6.07, 6.45) is 5.31. The highest BCUT2D eigenvalue weighted by Crippen LogP contribution is 2.30. The van der Waals surface area contributed by atoms with Crippen LogP contribution in [-0.4, -0.2) is 62.7 Å². The minimum absolute atomic E-state index is 0.463. The highest BCUT2D eigenvalue weighted by Gasteiger charge is 2.33. The zero-order chi connectivity index (χ0) is 14.3. The molecule has 1 saturated heterocycles. The van der Waals surface area contributed by atoms with Crippen molar-refractivity contribution in [2.45, 2.75) is 52.5 Å². The molecule has 1 heterocycles. The summed E-state index contributed by atoms with van der Waals surface area (Å²) in [6, 6.07) is 0.772. The number of hydrogen-bond acceptors (Lipinski definition) is 3. The van der Waals surface area contributed by atoms with E-state index in [0.29, 0.717) is 5.41 Å². The Labute approximate surface area is 120 Å². The SMILES string of the molecule is CCNCC(CC)(CC)CN1CCCC1CN(C)C. The number of hydrogen-bond donors (Lipinski definition) is 1. The molecule has 0 radical (unpaired) electrons. The van der Waals surface area contributed by atoms with Crippen LogP contribution in [0.3, 0.4) is 0 Å². The van der Waals surface area contributed by atoms with E-state index in [9.17, 15) is 0 Å². The van der Waals surface area contributed by atoms with Gasteiger partial charge in [0, 0.05) is 25.7 Å². The summed E-state index contributed by atoms with van der Waals surface area (Å²) < 4.78 is 0. The van der Waals surface area contributed by atoms with Crippen LogP contribution in [0.15, 0.2) is 0 Å². The highest BCUT2D eigenvalue weighted by molar-refractivity contribution is 4.89. The first-order chi connectivity index (χ1) is 9.06. The summed E-state index contributed by atoms with van der Waals surface area (Å²) in [7, 11) is 4.39. The van der Waals surface area contributed by atoms with E-state index < -0.39 is 0 Å². The van der Waals surface area contributed by atoms with Gasteiger partial charge >= 0.3 is 0 Å². The fourth-order valence-corrected chi connectivity index (χ4v) is 3.33. The van der Waals surface area contributed by atoms with Gasteiger partial charge in [-0.3, -0.25) is 4.90 Å². The lowest BCUT2D eigenvalue weighted by Crippen LogP contribution is -2.47. The van der Waals surface area contributed by atoms with Crippen molar-refractivity contribution in [2.75, 3.05) is 46.8 Å². The Morgan fingerprint density at radius 3 is 2.42 bits per heavy atom. The third-order valence-electron chi connectivity index (χ3n) is 4.86. The second kappa shape index (κ2) is 8.23. The number of nitrogens with one attached hydrogen (secondary N) is 1. The van der Waals surface area contributed by atoms with Gasteiger partial charge in [0.2, 0.25) is 0 Å². The van der Waals surface area contributed by atoms with Crippen molar-refractivity contribution in [3.63, 3.8) is 0 Å². The summed E-state index contributed by atoms with van der Waals surface area (Å²) in [6.45, 7) is 13.0. The van der Waals surface area contributed by atoms with Gasteiger partial charge in [0.1, 0.15) is 0 Å². The maximum atomic E-state index is 3.58. The van der Waals surface area contributed by atoms with E-state index in [-0.39, 0.29) is 0 Å².